The SMILES string of the molecule is COc1ccc(C2(CNC(=O)C3CCCCN3)CCOCC2)cc1.Cl. The third-order valence-electron chi connectivity index (χ3n) is 5.38. The molecule has 0 radical (unpaired) electrons. The summed E-state index contributed by atoms with van der Waals surface area (Å²) in [5.41, 5.74) is 1.21. The largest absolute Gasteiger partial charge is 0.497 e. The van der Waals surface area contributed by atoms with Crippen LogP contribution in [0.1, 0.15) is 37.7 Å². The van der Waals surface area contributed by atoms with Gasteiger partial charge in [0.25, 0.3) is 0 Å². The molecule has 1 aromatic rings. The molecule has 2 saturated heterocycles. The minimum Gasteiger partial charge on any atom is -0.497 e. The summed E-state index contributed by atoms with van der Waals surface area (Å²) < 4.78 is 10.8. The van der Waals surface area contributed by atoms with Gasteiger partial charge in [0.05, 0.1) is 13.2 Å². The summed E-state index contributed by atoms with van der Waals surface area (Å²) in [5, 5.41) is 6.52. The fourth-order valence-corrected chi connectivity index (χ4v) is 3.73. The van der Waals surface area contributed by atoms with Crippen LogP contribution in [-0.2, 0) is 14.9 Å². The first-order chi connectivity index (χ1) is 11.7. The number of amides is 1. The quantitative estimate of drug-likeness (QED) is 0.838. The Hall–Kier alpha value is -1.30. The van der Waals surface area contributed by atoms with Gasteiger partial charge in [0.1, 0.15) is 5.75 Å². The molecule has 3 rings (SSSR count). The van der Waals surface area contributed by atoms with Gasteiger partial charge in [-0.3, -0.25) is 4.79 Å². The Balaban J connectivity index is 0.00000225. The number of nitrogens with one attached hydrogen (secondary N) is 2. The van der Waals surface area contributed by atoms with Crippen molar-refractivity contribution in [2.75, 3.05) is 33.4 Å². The molecule has 0 saturated carbocycles. The van der Waals surface area contributed by atoms with Gasteiger partial charge in [0, 0.05) is 25.2 Å². The Labute approximate surface area is 156 Å². The maximum absolute atomic E-state index is 12.5. The summed E-state index contributed by atoms with van der Waals surface area (Å²) in [6, 6.07) is 8.20. The predicted molar refractivity (Wildman–Crippen MR) is 101 cm³/mol. The molecular weight excluding hydrogens is 340 g/mol. The van der Waals surface area contributed by atoms with Gasteiger partial charge in [-0.2, -0.15) is 0 Å². The summed E-state index contributed by atoms with van der Waals surface area (Å²) in [4.78, 5) is 12.5. The van der Waals surface area contributed by atoms with Crippen LogP contribution in [0.15, 0.2) is 24.3 Å². The first-order valence-electron chi connectivity index (χ1n) is 8.97. The van der Waals surface area contributed by atoms with Gasteiger partial charge in [-0.25, -0.2) is 0 Å². The van der Waals surface area contributed by atoms with Crippen molar-refractivity contribution >= 4 is 18.3 Å². The van der Waals surface area contributed by atoms with Crippen LogP contribution in [0.5, 0.6) is 5.75 Å². The van der Waals surface area contributed by atoms with Crippen molar-refractivity contribution in [3.8, 4) is 5.75 Å². The van der Waals surface area contributed by atoms with Gasteiger partial charge in [-0.1, -0.05) is 18.6 Å². The fourth-order valence-electron chi connectivity index (χ4n) is 3.73. The van der Waals surface area contributed by atoms with Crippen molar-refractivity contribution in [3.63, 3.8) is 0 Å². The van der Waals surface area contributed by atoms with Crippen LogP contribution < -0.4 is 15.4 Å². The van der Waals surface area contributed by atoms with Crippen molar-refractivity contribution in [2.24, 2.45) is 0 Å². The van der Waals surface area contributed by atoms with Gasteiger partial charge in [-0.15, -0.1) is 12.4 Å². The summed E-state index contributed by atoms with van der Waals surface area (Å²) in [7, 11) is 1.68. The van der Waals surface area contributed by atoms with Crippen molar-refractivity contribution in [2.45, 2.75) is 43.6 Å². The highest BCUT2D eigenvalue weighted by Crippen LogP contribution is 2.35. The van der Waals surface area contributed by atoms with E-state index in [1.807, 2.05) is 12.1 Å². The van der Waals surface area contributed by atoms with Crippen LogP contribution in [-0.4, -0.2) is 45.4 Å². The standard InChI is InChI=1S/C19H28N2O3.ClH/c1-23-16-7-5-15(6-8-16)19(9-12-24-13-10-19)14-21-18(22)17-4-2-3-11-20-17;/h5-8,17,20H,2-4,9-14H2,1H3,(H,21,22);1H. The maximum atomic E-state index is 12.5. The summed E-state index contributed by atoms with van der Waals surface area (Å²) in [5.74, 6) is 0.991. The molecule has 140 valence electrons. The molecule has 1 amide bonds. The Morgan fingerprint density at radius 3 is 2.60 bits per heavy atom. The number of carbonyl (C=O) groups excluding carboxylic acids is 1. The Kier molecular flexibility index (Phi) is 7.54. The number of methoxy groups -OCH3 is 1. The molecule has 1 unspecified atom stereocenters. The monoisotopic (exact) mass is 368 g/mol. The number of hydrogen-bond donors (Lipinski definition) is 2. The second kappa shape index (κ2) is 9.41. The number of halogens is 1. The van der Waals surface area contributed by atoms with Gasteiger partial charge in [0.2, 0.25) is 5.91 Å². The van der Waals surface area contributed by atoms with E-state index in [0.29, 0.717) is 6.54 Å². The first kappa shape index (κ1) is 20.0. The van der Waals surface area contributed by atoms with Gasteiger partial charge < -0.3 is 20.1 Å². The van der Waals surface area contributed by atoms with Crippen molar-refractivity contribution in [3.05, 3.63) is 29.8 Å². The third kappa shape index (κ3) is 4.87. The summed E-state index contributed by atoms with van der Waals surface area (Å²) in [6.07, 6.45) is 5.08. The van der Waals surface area contributed by atoms with E-state index < -0.39 is 0 Å². The van der Waals surface area contributed by atoms with Crippen LogP contribution in [0.25, 0.3) is 0 Å². The smallest absolute Gasteiger partial charge is 0.237 e. The third-order valence-corrected chi connectivity index (χ3v) is 5.38. The molecule has 0 aliphatic carbocycles. The fraction of sp³-hybridized carbons (Fsp3) is 0.632. The Bertz CT molecular complexity index is 538. The molecule has 2 heterocycles. The van der Waals surface area contributed by atoms with E-state index >= 15 is 0 Å². The number of carbonyl (C=O) groups is 1. The molecule has 0 spiro atoms. The molecule has 0 bridgehead atoms. The Morgan fingerprint density at radius 2 is 2.00 bits per heavy atom. The lowest BCUT2D eigenvalue weighted by Gasteiger charge is -2.38. The number of benzene rings is 1. The van der Waals surface area contributed by atoms with Crippen LogP contribution in [0, 0.1) is 0 Å². The lowest BCUT2D eigenvalue weighted by Crippen LogP contribution is -2.51. The molecule has 2 aliphatic rings. The second-order valence-electron chi connectivity index (χ2n) is 6.84. The van der Waals surface area contributed by atoms with E-state index in [-0.39, 0.29) is 29.8 Å². The first-order valence-corrected chi connectivity index (χ1v) is 8.97. The maximum Gasteiger partial charge on any atom is 0.237 e. The minimum absolute atomic E-state index is 0. The van der Waals surface area contributed by atoms with Crippen molar-refractivity contribution in [1.82, 2.24) is 10.6 Å². The average molecular weight is 369 g/mol. The van der Waals surface area contributed by atoms with E-state index in [9.17, 15) is 4.79 Å². The predicted octanol–water partition coefficient (Wildman–Crippen LogP) is 2.42. The number of piperidine rings is 1. The van der Waals surface area contributed by atoms with E-state index in [1.165, 1.54) is 5.56 Å². The molecule has 2 N–H and O–H groups in total. The summed E-state index contributed by atoms with van der Waals surface area (Å²) >= 11 is 0. The second-order valence-corrected chi connectivity index (χ2v) is 6.84. The van der Waals surface area contributed by atoms with Crippen LogP contribution in [0.2, 0.25) is 0 Å². The van der Waals surface area contributed by atoms with Crippen LogP contribution in [0.4, 0.5) is 0 Å². The molecule has 25 heavy (non-hydrogen) atoms. The zero-order valence-electron chi connectivity index (χ0n) is 14.9. The topological polar surface area (TPSA) is 59.6 Å². The molecule has 1 aromatic carbocycles. The van der Waals surface area contributed by atoms with Gasteiger partial charge >= 0.3 is 0 Å². The molecule has 5 nitrogen and oxygen atoms in total. The molecule has 6 heteroatoms. The average Bonchev–Trinajstić information content (AvgIpc) is 2.67. The van der Waals surface area contributed by atoms with Crippen LogP contribution in [0.3, 0.4) is 0 Å². The zero-order chi connectivity index (χ0) is 16.8. The lowest BCUT2D eigenvalue weighted by atomic mass is 9.74. The van der Waals surface area contributed by atoms with Gasteiger partial charge in [-0.05, 0) is 49.9 Å². The van der Waals surface area contributed by atoms with E-state index in [1.54, 1.807) is 7.11 Å². The van der Waals surface area contributed by atoms with Gasteiger partial charge in [0.15, 0.2) is 0 Å². The molecular formula is C19H29ClN2O3. The van der Waals surface area contributed by atoms with Crippen molar-refractivity contribution < 1.29 is 14.3 Å². The number of hydrogen-bond acceptors (Lipinski definition) is 4. The normalized spacial score (nSPS) is 22.5. The molecule has 2 fully saturated rings. The highest BCUT2D eigenvalue weighted by molar-refractivity contribution is 5.85. The summed E-state index contributed by atoms with van der Waals surface area (Å²) in [6.45, 7) is 3.09. The highest BCUT2D eigenvalue weighted by atomic mass is 35.5. The van der Waals surface area contributed by atoms with Crippen molar-refractivity contribution in [1.29, 1.82) is 0 Å². The highest BCUT2D eigenvalue weighted by Gasteiger charge is 2.35. The van der Waals surface area contributed by atoms with Crippen LogP contribution >= 0.6 is 12.4 Å². The zero-order valence-corrected chi connectivity index (χ0v) is 15.7. The van der Waals surface area contributed by atoms with E-state index in [2.05, 4.69) is 22.8 Å². The lowest BCUT2D eigenvalue weighted by molar-refractivity contribution is -0.124. The number of ether oxygens (including phenoxy) is 2. The molecule has 1 atom stereocenters. The molecule has 2 aliphatic heterocycles. The Morgan fingerprint density at radius 1 is 1.28 bits per heavy atom. The molecule has 0 aromatic heterocycles. The van der Waals surface area contributed by atoms with E-state index in [0.717, 1.165) is 57.6 Å². The number of rotatable bonds is 5. The van der Waals surface area contributed by atoms with E-state index in [4.69, 9.17) is 9.47 Å². The minimum atomic E-state index is -0.0468.